The van der Waals surface area contributed by atoms with Gasteiger partial charge in [0.2, 0.25) is 0 Å². The van der Waals surface area contributed by atoms with Crippen LogP contribution < -0.4 is 14.8 Å². The quantitative estimate of drug-likeness (QED) is 0.459. The van der Waals surface area contributed by atoms with Crippen molar-refractivity contribution in [1.82, 2.24) is 5.32 Å². The van der Waals surface area contributed by atoms with Gasteiger partial charge >= 0.3 is 5.97 Å². The third-order valence-electron chi connectivity index (χ3n) is 4.94. The van der Waals surface area contributed by atoms with Gasteiger partial charge in [0, 0.05) is 0 Å². The number of rotatable bonds is 7. The maximum Gasteiger partial charge on any atom is 0.335 e. The van der Waals surface area contributed by atoms with Crippen molar-refractivity contribution in [2.24, 2.45) is 4.99 Å². The molecule has 1 aliphatic heterocycles. The Morgan fingerprint density at radius 3 is 2.68 bits per heavy atom. The van der Waals surface area contributed by atoms with E-state index in [-0.39, 0.29) is 18.1 Å². The van der Waals surface area contributed by atoms with E-state index >= 15 is 0 Å². The number of benzene rings is 3. The van der Waals surface area contributed by atoms with Crippen LogP contribution >= 0.6 is 11.8 Å². The zero-order valence-electron chi connectivity index (χ0n) is 18.6. The molecule has 1 aliphatic rings. The van der Waals surface area contributed by atoms with E-state index < -0.39 is 5.97 Å². The lowest BCUT2D eigenvalue weighted by Crippen LogP contribution is -2.19. The van der Waals surface area contributed by atoms with Crippen LogP contribution in [-0.2, 0) is 11.4 Å². The van der Waals surface area contributed by atoms with Crippen molar-refractivity contribution in [2.45, 2.75) is 13.5 Å². The van der Waals surface area contributed by atoms with Gasteiger partial charge in [0.05, 0.1) is 23.3 Å². The van der Waals surface area contributed by atoms with Crippen LogP contribution in [0.2, 0.25) is 0 Å². The number of ether oxygens (including phenoxy) is 2. The maximum atomic E-state index is 12.4. The molecular weight excluding hydrogens is 452 g/mol. The number of aromatic carboxylic acids is 1. The summed E-state index contributed by atoms with van der Waals surface area (Å²) in [4.78, 5) is 28.6. The minimum absolute atomic E-state index is 0.189. The number of nitrogens with zero attached hydrogens (tertiary/aromatic N) is 1. The summed E-state index contributed by atoms with van der Waals surface area (Å²) in [6.07, 6.45) is 1.77. The highest BCUT2D eigenvalue weighted by Gasteiger charge is 2.24. The number of hydrogen-bond acceptors (Lipinski definition) is 6. The van der Waals surface area contributed by atoms with Gasteiger partial charge in [-0.2, -0.15) is 0 Å². The van der Waals surface area contributed by atoms with E-state index in [1.54, 1.807) is 36.4 Å². The third-order valence-corrected chi connectivity index (χ3v) is 5.85. The van der Waals surface area contributed by atoms with E-state index in [4.69, 9.17) is 14.6 Å². The summed E-state index contributed by atoms with van der Waals surface area (Å²) in [5.41, 5.74) is 3.57. The predicted octanol–water partition coefficient (Wildman–Crippen LogP) is 5.17. The molecule has 0 unspecified atom stereocenters. The normalized spacial score (nSPS) is 15.4. The van der Waals surface area contributed by atoms with Crippen LogP contribution in [0.15, 0.2) is 76.6 Å². The van der Waals surface area contributed by atoms with Gasteiger partial charge in [0.15, 0.2) is 16.7 Å². The highest BCUT2D eigenvalue weighted by Crippen LogP contribution is 2.32. The van der Waals surface area contributed by atoms with E-state index in [2.05, 4.69) is 10.3 Å². The number of aryl methyl sites for hydroxylation is 1. The number of carboxylic acids is 1. The Bertz CT molecular complexity index is 1320. The lowest BCUT2D eigenvalue weighted by molar-refractivity contribution is -0.115. The average molecular weight is 475 g/mol. The van der Waals surface area contributed by atoms with E-state index in [9.17, 15) is 9.59 Å². The Morgan fingerprint density at radius 2 is 1.91 bits per heavy atom. The van der Waals surface area contributed by atoms with E-state index in [0.29, 0.717) is 21.6 Å². The summed E-state index contributed by atoms with van der Waals surface area (Å²) < 4.78 is 11.3. The van der Waals surface area contributed by atoms with Gasteiger partial charge < -0.3 is 19.9 Å². The Hall–Kier alpha value is -4.04. The van der Waals surface area contributed by atoms with E-state index in [1.165, 1.54) is 24.9 Å². The van der Waals surface area contributed by atoms with Gasteiger partial charge in [-0.25, -0.2) is 9.79 Å². The van der Waals surface area contributed by atoms with Crippen molar-refractivity contribution in [3.05, 3.63) is 93.9 Å². The molecule has 0 aliphatic carbocycles. The first-order valence-electron chi connectivity index (χ1n) is 10.4. The topological polar surface area (TPSA) is 97.2 Å². The van der Waals surface area contributed by atoms with Crippen LogP contribution in [0.4, 0.5) is 5.69 Å². The molecule has 3 aromatic rings. The minimum atomic E-state index is -0.988. The SMILES string of the molecule is COc1cc(/C=C2\SC(=Nc3cccc(C)c3)NC2=O)ccc1OCc1cccc(C(=O)O)c1. The Labute approximate surface area is 201 Å². The molecule has 0 saturated carbocycles. The van der Waals surface area contributed by atoms with Crippen LogP contribution in [0.1, 0.15) is 27.0 Å². The number of methoxy groups -OCH3 is 1. The molecule has 1 heterocycles. The Balaban J connectivity index is 1.48. The molecule has 0 radical (unpaired) electrons. The molecule has 0 aromatic heterocycles. The molecule has 7 nitrogen and oxygen atoms in total. The van der Waals surface area contributed by atoms with Gasteiger partial charge in [-0.05, 0) is 77.9 Å². The molecule has 1 fully saturated rings. The van der Waals surface area contributed by atoms with Crippen LogP contribution in [-0.4, -0.2) is 29.3 Å². The molecule has 1 saturated heterocycles. The summed E-state index contributed by atoms with van der Waals surface area (Å²) in [6, 6.07) is 19.7. The fourth-order valence-corrected chi connectivity index (χ4v) is 4.14. The zero-order chi connectivity index (χ0) is 24.1. The number of hydrogen-bond donors (Lipinski definition) is 2. The number of amidine groups is 1. The number of carbonyl (C=O) groups excluding carboxylic acids is 1. The fraction of sp³-hybridized carbons (Fsp3) is 0.115. The molecule has 8 heteroatoms. The lowest BCUT2D eigenvalue weighted by Gasteiger charge is -2.12. The second kappa shape index (κ2) is 10.3. The van der Waals surface area contributed by atoms with Crippen LogP contribution in [0.3, 0.4) is 0 Å². The number of amides is 1. The molecule has 4 rings (SSSR count). The molecule has 2 N–H and O–H groups in total. The first-order chi connectivity index (χ1) is 16.4. The molecule has 0 atom stereocenters. The van der Waals surface area contributed by atoms with Crippen molar-refractivity contribution >= 4 is 40.6 Å². The molecule has 0 spiro atoms. The highest BCUT2D eigenvalue weighted by atomic mass is 32.2. The van der Waals surface area contributed by atoms with E-state index in [1.807, 2.05) is 37.3 Å². The number of aliphatic imine (C=N–C) groups is 1. The first kappa shape index (κ1) is 23.1. The number of carboxylic acid groups (broad SMARTS) is 1. The van der Waals surface area contributed by atoms with Crippen molar-refractivity contribution in [2.75, 3.05) is 7.11 Å². The predicted molar refractivity (Wildman–Crippen MR) is 133 cm³/mol. The van der Waals surface area contributed by atoms with Gasteiger partial charge in [0.25, 0.3) is 5.91 Å². The Morgan fingerprint density at radius 1 is 1.09 bits per heavy atom. The average Bonchev–Trinajstić information content (AvgIpc) is 3.16. The van der Waals surface area contributed by atoms with Crippen molar-refractivity contribution in [3.8, 4) is 11.5 Å². The van der Waals surface area contributed by atoms with Crippen LogP contribution in [0.25, 0.3) is 6.08 Å². The van der Waals surface area contributed by atoms with Gasteiger partial charge in [-0.3, -0.25) is 4.79 Å². The monoisotopic (exact) mass is 474 g/mol. The molecule has 34 heavy (non-hydrogen) atoms. The second-order valence-corrected chi connectivity index (χ2v) is 8.56. The second-order valence-electron chi connectivity index (χ2n) is 7.53. The van der Waals surface area contributed by atoms with Gasteiger partial charge in [-0.15, -0.1) is 0 Å². The standard InChI is InChI=1S/C26H22N2O5S/c1-16-5-3-8-20(11-16)27-26-28-24(29)23(34-26)14-17-9-10-21(22(13-17)32-2)33-15-18-6-4-7-19(12-18)25(30)31/h3-14H,15H2,1-2H3,(H,30,31)(H,27,28,29)/b23-14-. The van der Waals surface area contributed by atoms with E-state index in [0.717, 1.165) is 22.4 Å². The summed E-state index contributed by atoms with van der Waals surface area (Å²) in [7, 11) is 1.54. The summed E-state index contributed by atoms with van der Waals surface area (Å²) >= 11 is 1.27. The first-order valence-corrected chi connectivity index (χ1v) is 11.2. The molecule has 0 bridgehead atoms. The zero-order valence-corrected chi connectivity index (χ0v) is 19.4. The lowest BCUT2D eigenvalue weighted by atomic mass is 10.1. The highest BCUT2D eigenvalue weighted by molar-refractivity contribution is 8.18. The van der Waals surface area contributed by atoms with Crippen molar-refractivity contribution in [1.29, 1.82) is 0 Å². The minimum Gasteiger partial charge on any atom is -0.493 e. The molecular formula is C26H22N2O5S. The van der Waals surface area contributed by atoms with Crippen molar-refractivity contribution < 1.29 is 24.2 Å². The van der Waals surface area contributed by atoms with Crippen molar-refractivity contribution in [3.63, 3.8) is 0 Å². The number of thioether (sulfide) groups is 1. The van der Waals surface area contributed by atoms with Crippen LogP contribution in [0, 0.1) is 6.92 Å². The summed E-state index contributed by atoms with van der Waals surface area (Å²) in [5, 5.41) is 12.5. The molecule has 172 valence electrons. The number of carbonyl (C=O) groups is 2. The molecule has 3 aromatic carbocycles. The maximum absolute atomic E-state index is 12.4. The number of nitrogens with one attached hydrogen (secondary N) is 1. The third kappa shape index (κ3) is 5.65. The smallest absolute Gasteiger partial charge is 0.335 e. The summed E-state index contributed by atoms with van der Waals surface area (Å²) in [5.74, 6) is -0.192. The molecule has 1 amide bonds. The van der Waals surface area contributed by atoms with Crippen LogP contribution in [0.5, 0.6) is 11.5 Å². The van der Waals surface area contributed by atoms with Gasteiger partial charge in [0.1, 0.15) is 6.61 Å². The Kier molecular flexibility index (Phi) is 6.98. The van der Waals surface area contributed by atoms with Gasteiger partial charge in [-0.1, -0.05) is 30.3 Å². The summed E-state index contributed by atoms with van der Waals surface area (Å²) in [6.45, 7) is 2.18. The largest absolute Gasteiger partial charge is 0.493 e. The fourth-order valence-electron chi connectivity index (χ4n) is 3.30.